The number of aromatic nitrogens is 1. The highest BCUT2D eigenvalue weighted by Gasteiger charge is 2.40. The zero-order chi connectivity index (χ0) is 20.4. The van der Waals surface area contributed by atoms with Gasteiger partial charge in [-0.15, -0.1) is 11.3 Å². The molecule has 1 amide bonds. The van der Waals surface area contributed by atoms with Gasteiger partial charge in [-0.05, 0) is 61.7 Å². The van der Waals surface area contributed by atoms with E-state index in [9.17, 15) is 4.79 Å². The normalized spacial score (nSPS) is 21.1. The Hall–Kier alpha value is -2.12. The number of methoxy groups -OCH3 is 1. The Morgan fingerprint density at radius 1 is 1.21 bits per heavy atom. The Labute approximate surface area is 179 Å². The molecule has 0 N–H and O–H groups in total. The molecule has 2 aliphatic rings. The fourth-order valence-corrected chi connectivity index (χ4v) is 5.63. The largest absolute Gasteiger partial charge is 0.497 e. The summed E-state index contributed by atoms with van der Waals surface area (Å²) in [7, 11) is 1.65. The first-order valence-corrected chi connectivity index (χ1v) is 11.6. The van der Waals surface area contributed by atoms with Gasteiger partial charge in [-0.25, -0.2) is 4.98 Å². The molecule has 1 saturated carbocycles. The monoisotopic (exact) mass is 427 g/mol. The molecule has 0 atom stereocenters. The van der Waals surface area contributed by atoms with Gasteiger partial charge in [-0.3, -0.25) is 9.69 Å². The van der Waals surface area contributed by atoms with E-state index < -0.39 is 0 Å². The van der Waals surface area contributed by atoms with Gasteiger partial charge >= 0.3 is 0 Å². The van der Waals surface area contributed by atoms with Crippen molar-refractivity contribution in [3.63, 3.8) is 0 Å². The zero-order valence-corrected chi connectivity index (χ0v) is 18.6. The van der Waals surface area contributed by atoms with Crippen LogP contribution in [0, 0.1) is 6.92 Å². The third kappa shape index (κ3) is 4.26. The Balaban J connectivity index is 1.72. The zero-order valence-electron chi connectivity index (χ0n) is 17.0. The maximum Gasteiger partial charge on any atom is 0.267 e. The van der Waals surface area contributed by atoms with Crippen LogP contribution in [-0.4, -0.2) is 34.1 Å². The minimum Gasteiger partial charge on any atom is -0.497 e. The molecular formula is C22H25N3O2S2. The van der Waals surface area contributed by atoms with Gasteiger partial charge in [0.2, 0.25) is 5.13 Å². The van der Waals surface area contributed by atoms with Crippen molar-refractivity contribution in [3.05, 3.63) is 45.8 Å². The summed E-state index contributed by atoms with van der Waals surface area (Å²) in [6.07, 6.45) is 5.66. The predicted molar refractivity (Wildman–Crippen MR) is 121 cm³/mol. The van der Waals surface area contributed by atoms with Crippen LogP contribution in [0.15, 0.2) is 39.5 Å². The Morgan fingerprint density at radius 2 is 1.93 bits per heavy atom. The molecular weight excluding hydrogens is 402 g/mol. The first-order chi connectivity index (χ1) is 14.1. The summed E-state index contributed by atoms with van der Waals surface area (Å²) in [5.74, 6) is 0.879. The molecule has 152 valence electrons. The van der Waals surface area contributed by atoms with Gasteiger partial charge in [0.15, 0.2) is 5.17 Å². The number of thiazole rings is 1. The predicted octanol–water partition coefficient (Wildman–Crippen LogP) is 5.79. The van der Waals surface area contributed by atoms with Crippen LogP contribution in [0.25, 0.3) is 5.57 Å². The van der Waals surface area contributed by atoms with E-state index in [0.29, 0.717) is 5.13 Å². The topological polar surface area (TPSA) is 54.8 Å². The molecule has 29 heavy (non-hydrogen) atoms. The lowest BCUT2D eigenvalue weighted by molar-refractivity contribution is -0.124. The van der Waals surface area contributed by atoms with Crippen molar-refractivity contribution < 1.29 is 9.53 Å². The van der Waals surface area contributed by atoms with E-state index in [0.717, 1.165) is 45.5 Å². The van der Waals surface area contributed by atoms with E-state index in [1.54, 1.807) is 7.11 Å². The lowest BCUT2D eigenvalue weighted by Crippen LogP contribution is -2.40. The van der Waals surface area contributed by atoms with Crippen LogP contribution in [-0.2, 0) is 4.79 Å². The van der Waals surface area contributed by atoms with E-state index in [2.05, 4.69) is 4.98 Å². The third-order valence-corrected chi connectivity index (χ3v) is 7.42. The van der Waals surface area contributed by atoms with Crippen LogP contribution in [0.4, 0.5) is 5.13 Å². The summed E-state index contributed by atoms with van der Waals surface area (Å²) in [5, 5.41) is 3.46. The maximum absolute atomic E-state index is 13.5. The number of thioether (sulfide) groups is 1. The molecule has 2 fully saturated rings. The van der Waals surface area contributed by atoms with Crippen molar-refractivity contribution in [2.24, 2.45) is 4.99 Å². The number of aliphatic imine (C=N–C) groups is 1. The molecule has 4 rings (SSSR count). The molecule has 7 heteroatoms. The van der Waals surface area contributed by atoms with E-state index in [4.69, 9.17) is 9.73 Å². The molecule has 2 heterocycles. The smallest absolute Gasteiger partial charge is 0.267 e. The standard InChI is InChI=1S/C22H25N3O2S2/c1-14-13-28-21(23-14)24-22-25(17-7-5-4-6-8-17)20(26)19(29-22)15(2)16-9-11-18(27-3)12-10-16/h9-13,17H,4-8H2,1-3H3/b19-15-,24-22+. The van der Waals surface area contributed by atoms with Crippen LogP contribution >= 0.6 is 23.1 Å². The molecule has 0 radical (unpaired) electrons. The second-order valence-electron chi connectivity index (χ2n) is 7.42. The number of hydrogen-bond donors (Lipinski definition) is 0. The highest BCUT2D eigenvalue weighted by atomic mass is 32.2. The molecule has 2 aromatic rings. The van der Waals surface area contributed by atoms with Crippen molar-refractivity contribution in [2.75, 3.05) is 7.11 Å². The van der Waals surface area contributed by atoms with Gasteiger partial charge in [0.25, 0.3) is 5.91 Å². The Morgan fingerprint density at radius 3 is 2.55 bits per heavy atom. The first-order valence-electron chi connectivity index (χ1n) is 9.94. The number of aryl methyl sites for hydroxylation is 1. The summed E-state index contributed by atoms with van der Waals surface area (Å²) < 4.78 is 5.26. The Bertz CT molecular complexity index is 957. The summed E-state index contributed by atoms with van der Waals surface area (Å²) >= 11 is 3.00. The molecule has 1 aliphatic carbocycles. The average molecular weight is 428 g/mol. The van der Waals surface area contributed by atoms with Gasteiger partial charge in [0.1, 0.15) is 5.75 Å². The van der Waals surface area contributed by atoms with Gasteiger partial charge in [-0.1, -0.05) is 31.4 Å². The molecule has 5 nitrogen and oxygen atoms in total. The number of nitrogens with zero attached hydrogens (tertiary/aromatic N) is 3. The number of carbonyl (C=O) groups is 1. The second kappa shape index (κ2) is 8.71. The van der Waals surface area contributed by atoms with Crippen molar-refractivity contribution in [3.8, 4) is 5.75 Å². The maximum atomic E-state index is 13.5. The summed E-state index contributed by atoms with van der Waals surface area (Å²) in [6, 6.07) is 8.08. The summed E-state index contributed by atoms with van der Waals surface area (Å²) in [5.41, 5.74) is 2.96. The fourth-order valence-electron chi connectivity index (χ4n) is 3.80. The molecule has 1 aliphatic heterocycles. The average Bonchev–Trinajstić information content (AvgIpc) is 3.30. The number of ether oxygens (including phenoxy) is 1. The van der Waals surface area contributed by atoms with E-state index in [1.165, 1.54) is 42.4 Å². The minimum absolute atomic E-state index is 0.0715. The van der Waals surface area contributed by atoms with Gasteiger partial charge in [0, 0.05) is 11.4 Å². The Kier molecular flexibility index (Phi) is 6.06. The molecule has 0 unspecified atom stereocenters. The SMILES string of the molecule is COc1ccc(/C(C)=C2\S/C(=N/c3nc(C)cs3)N(C3CCCCC3)C2=O)cc1. The summed E-state index contributed by atoms with van der Waals surface area (Å²) in [4.78, 5) is 25.4. The number of carbonyl (C=O) groups excluding carboxylic acids is 1. The van der Waals surface area contributed by atoms with E-state index >= 15 is 0 Å². The fraction of sp³-hybridized carbons (Fsp3) is 0.409. The molecule has 1 saturated heterocycles. The van der Waals surface area contributed by atoms with E-state index in [1.807, 2.05) is 48.4 Å². The van der Waals surface area contributed by atoms with Crippen LogP contribution in [0.1, 0.15) is 50.3 Å². The van der Waals surface area contributed by atoms with Crippen LogP contribution in [0.5, 0.6) is 5.75 Å². The van der Waals surface area contributed by atoms with Crippen molar-refractivity contribution in [1.29, 1.82) is 0 Å². The third-order valence-electron chi connectivity index (χ3n) is 5.41. The quantitative estimate of drug-likeness (QED) is 0.580. The number of rotatable bonds is 4. The first kappa shape index (κ1) is 20.2. The highest BCUT2D eigenvalue weighted by Crippen LogP contribution is 2.41. The minimum atomic E-state index is 0.0715. The molecule has 1 aromatic carbocycles. The van der Waals surface area contributed by atoms with Crippen molar-refractivity contribution in [1.82, 2.24) is 9.88 Å². The van der Waals surface area contributed by atoms with Crippen molar-refractivity contribution in [2.45, 2.75) is 52.0 Å². The van der Waals surface area contributed by atoms with E-state index in [-0.39, 0.29) is 11.9 Å². The molecule has 0 spiro atoms. The number of hydrogen-bond acceptors (Lipinski definition) is 6. The van der Waals surface area contributed by atoms with Gasteiger partial charge < -0.3 is 4.74 Å². The van der Waals surface area contributed by atoms with Gasteiger partial charge in [-0.2, -0.15) is 4.99 Å². The molecule has 0 bridgehead atoms. The number of amides is 1. The second-order valence-corrected chi connectivity index (χ2v) is 9.23. The van der Waals surface area contributed by atoms with Crippen LogP contribution < -0.4 is 4.74 Å². The summed E-state index contributed by atoms with van der Waals surface area (Å²) in [6.45, 7) is 3.97. The number of benzene rings is 1. The number of amidine groups is 1. The highest BCUT2D eigenvalue weighted by molar-refractivity contribution is 8.18. The number of allylic oxidation sites excluding steroid dienone is 1. The van der Waals surface area contributed by atoms with Crippen LogP contribution in [0.2, 0.25) is 0 Å². The van der Waals surface area contributed by atoms with Gasteiger partial charge in [0.05, 0.1) is 17.7 Å². The lowest BCUT2D eigenvalue weighted by atomic mass is 9.94. The lowest BCUT2D eigenvalue weighted by Gasteiger charge is -2.30. The van der Waals surface area contributed by atoms with Crippen molar-refractivity contribution >= 4 is 44.9 Å². The molecule has 1 aromatic heterocycles. The van der Waals surface area contributed by atoms with Crippen LogP contribution in [0.3, 0.4) is 0 Å².